The first-order chi connectivity index (χ1) is 7.68. The van der Waals surface area contributed by atoms with Gasteiger partial charge in [-0.2, -0.15) is 0 Å². The number of oxime groups is 1. The molecular weight excluding hydrogens is 212 g/mol. The average molecular weight is 239 g/mol. The van der Waals surface area contributed by atoms with E-state index in [9.17, 15) is 5.21 Å². The molecule has 2 rings (SSSR count). The average Bonchev–Trinajstić information content (AvgIpc) is 2.61. The van der Waals surface area contributed by atoms with Crippen molar-refractivity contribution in [2.24, 2.45) is 34.2 Å². The molecule has 0 unspecified atom stereocenters. The van der Waals surface area contributed by atoms with Gasteiger partial charge in [-0.1, -0.05) is 25.9 Å². The van der Waals surface area contributed by atoms with Crippen molar-refractivity contribution in [1.82, 2.24) is 0 Å². The van der Waals surface area contributed by atoms with Crippen LogP contribution in [-0.4, -0.2) is 43.1 Å². The predicted octanol–water partition coefficient (Wildman–Crippen LogP) is 2.45. The third-order valence-electron chi connectivity index (χ3n) is 5.35. The van der Waals surface area contributed by atoms with Crippen molar-refractivity contribution in [2.75, 3.05) is 27.7 Å². The van der Waals surface area contributed by atoms with Crippen LogP contribution in [0.3, 0.4) is 0 Å². The minimum Gasteiger partial charge on any atom is -0.411 e. The normalized spacial score (nSPS) is 42.4. The Morgan fingerprint density at radius 2 is 1.94 bits per heavy atom. The smallest absolute Gasteiger partial charge is 0.0866 e. The molecule has 4 atom stereocenters. The van der Waals surface area contributed by atoms with Gasteiger partial charge >= 0.3 is 0 Å². The van der Waals surface area contributed by atoms with Gasteiger partial charge in [-0.25, -0.2) is 0 Å². The van der Waals surface area contributed by atoms with Gasteiger partial charge in [0.05, 0.1) is 39.3 Å². The number of quaternary nitrogens is 1. The van der Waals surface area contributed by atoms with Crippen molar-refractivity contribution >= 4 is 5.71 Å². The fraction of sp³-hybridized carbons (Fsp3) is 0.929. The molecule has 0 saturated heterocycles. The predicted molar refractivity (Wildman–Crippen MR) is 70.2 cm³/mol. The second-order valence-electron chi connectivity index (χ2n) is 7.66. The van der Waals surface area contributed by atoms with Crippen molar-refractivity contribution in [3.05, 3.63) is 0 Å². The van der Waals surface area contributed by atoms with Crippen molar-refractivity contribution in [3.63, 3.8) is 0 Å². The molecule has 2 aliphatic rings. The maximum atomic E-state index is 9.32. The zero-order chi connectivity index (χ0) is 13.0. The van der Waals surface area contributed by atoms with Crippen molar-refractivity contribution in [3.8, 4) is 0 Å². The Morgan fingerprint density at radius 3 is 2.41 bits per heavy atom. The van der Waals surface area contributed by atoms with Gasteiger partial charge in [0.15, 0.2) is 0 Å². The molecule has 0 spiro atoms. The summed E-state index contributed by atoms with van der Waals surface area (Å²) in [7, 11) is 6.66. The second kappa shape index (κ2) is 3.71. The zero-order valence-electron chi connectivity index (χ0n) is 12.1. The highest BCUT2D eigenvalue weighted by molar-refractivity contribution is 5.92. The van der Waals surface area contributed by atoms with Gasteiger partial charge < -0.3 is 9.69 Å². The SMILES string of the molecule is C[C@@H]1[C@@H]2C[C@H]([C@H](C[N+](C)(C)C)/C2=N/O)C1(C)C. The van der Waals surface area contributed by atoms with Crippen LogP contribution in [0.5, 0.6) is 0 Å². The summed E-state index contributed by atoms with van der Waals surface area (Å²) < 4.78 is 0.942. The lowest BCUT2D eigenvalue weighted by Crippen LogP contribution is -2.48. The summed E-state index contributed by atoms with van der Waals surface area (Å²) in [5.74, 6) is 2.31. The van der Waals surface area contributed by atoms with Crippen LogP contribution in [0.15, 0.2) is 5.16 Å². The van der Waals surface area contributed by atoms with E-state index < -0.39 is 0 Å². The fourth-order valence-electron chi connectivity index (χ4n) is 4.14. The van der Waals surface area contributed by atoms with Crippen LogP contribution in [0.4, 0.5) is 0 Å². The lowest BCUT2D eigenvalue weighted by atomic mass is 9.64. The molecular formula is C14H27N2O+. The molecule has 0 aliphatic heterocycles. The Labute approximate surface area is 105 Å². The molecule has 0 aromatic rings. The summed E-state index contributed by atoms with van der Waals surface area (Å²) >= 11 is 0. The summed E-state index contributed by atoms with van der Waals surface area (Å²) in [4.78, 5) is 0. The first-order valence-corrected chi connectivity index (χ1v) is 6.70. The lowest BCUT2D eigenvalue weighted by molar-refractivity contribution is -0.873. The minimum atomic E-state index is 0.388. The number of fused-ring (bicyclic) bond motifs is 2. The van der Waals surface area contributed by atoms with Gasteiger partial charge in [-0.05, 0) is 23.7 Å². The van der Waals surface area contributed by atoms with E-state index in [4.69, 9.17) is 0 Å². The summed E-state index contributed by atoms with van der Waals surface area (Å²) in [5, 5.41) is 13.0. The number of rotatable bonds is 2. The fourth-order valence-corrected chi connectivity index (χ4v) is 4.14. The molecule has 2 fully saturated rings. The second-order valence-corrected chi connectivity index (χ2v) is 7.66. The van der Waals surface area contributed by atoms with E-state index in [2.05, 4.69) is 47.1 Å². The maximum absolute atomic E-state index is 9.32. The quantitative estimate of drug-likeness (QED) is 0.448. The molecule has 0 aromatic heterocycles. The van der Waals surface area contributed by atoms with E-state index in [1.54, 1.807) is 0 Å². The highest BCUT2D eigenvalue weighted by atomic mass is 16.4. The number of hydrogen-bond donors (Lipinski definition) is 1. The largest absolute Gasteiger partial charge is 0.411 e. The summed E-state index contributed by atoms with van der Waals surface area (Å²) in [6.45, 7) is 8.17. The molecule has 0 heterocycles. The molecule has 98 valence electrons. The van der Waals surface area contributed by atoms with Gasteiger partial charge in [0, 0.05) is 5.92 Å². The van der Waals surface area contributed by atoms with Crippen LogP contribution >= 0.6 is 0 Å². The van der Waals surface area contributed by atoms with Crippen LogP contribution in [0, 0.1) is 29.1 Å². The highest BCUT2D eigenvalue weighted by Gasteiger charge is 2.60. The van der Waals surface area contributed by atoms with E-state index in [1.165, 1.54) is 6.42 Å². The van der Waals surface area contributed by atoms with Gasteiger partial charge in [-0.3, -0.25) is 0 Å². The van der Waals surface area contributed by atoms with E-state index in [0.29, 0.717) is 29.1 Å². The molecule has 17 heavy (non-hydrogen) atoms. The van der Waals surface area contributed by atoms with E-state index >= 15 is 0 Å². The highest BCUT2D eigenvalue weighted by Crippen LogP contribution is 2.60. The Balaban J connectivity index is 2.29. The molecule has 0 amide bonds. The van der Waals surface area contributed by atoms with Crippen LogP contribution in [0.1, 0.15) is 27.2 Å². The van der Waals surface area contributed by atoms with E-state index in [1.807, 2.05) is 0 Å². The summed E-state index contributed by atoms with van der Waals surface area (Å²) in [6.07, 6.45) is 1.22. The summed E-state index contributed by atoms with van der Waals surface area (Å²) in [5.41, 5.74) is 1.47. The van der Waals surface area contributed by atoms with Gasteiger partial charge in [0.1, 0.15) is 0 Å². The minimum absolute atomic E-state index is 0.388. The number of nitrogens with zero attached hydrogens (tertiary/aromatic N) is 2. The standard InChI is InChI=1S/C14H26N2O/c1-9-10-7-12(14(9,2)3)11(13(10)15-17)8-16(4,5)6/h9-12H,7-8H2,1-6H3/p+1/b15-13+/t9-,10+,11+,12-/m1/s1. The molecule has 0 aromatic carbocycles. The molecule has 3 heteroatoms. The molecule has 3 nitrogen and oxygen atoms in total. The number of hydrogen-bond acceptors (Lipinski definition) is 2. The first-order valence-electron chi connectivity index (χ1n) is 6.70. The monoisotopic (exact) mass is 239 g/mol. The maximum Gasteiger partial charge on any atom is 0.0866 e. The third kappa shape index (κ3) is 1.88. The van der Waals surface area contributed by atoms with Crippen LogP contribution < -0.4 is 0 Å². The molecule has 1 N–H and O–H groups in total. The Hall–Kier alpha value is -0.570. The van der Waals surface area contributed by atoms with E-state index in [0.717, 1.165) is 16.7 Å². The Bertz CT molecular complexity index is 341. The first kappa shape index (κ1) is 12.9. The topological polar surface area (TPSA) is 32.6 Å². The molecule has 0 radical (unpaired) electrons. The van der Waals surface area contributed by atoms with Gasteiger partial charge in [0.25, 0.3) is 0 Å². The Morgan fingerprint density at radius 1 is 1.35 bits per heavy atom. The van der Waals surface area contributed by atoms with Crippen molar-refractivity contribution in [2.45, 2.75) is 27.2 Å². The van der Waals surface area contributed by atoms with Gasteiger partial charge in [-0.15, -0.1) is 0 Å². The zero-order valence-corrected chi connectivity index (χ0v) is 12.1. The molecule has 2 bridgehead atoms. The molecule has 2 aliphatic carbocycles. The van der Waals surface area contributed by atoms with Crippen molar-refractivity contribution in [1.29, 1.82) is 0 Å². The summed E-state index contributed by atoms with van der Waals surface area (Å²) in [6, 6.07) is 0. The Kier molecular flexibility index (Phi) is 2.81. The lowest BCUT2D eigenvalue weighted by Gasteiger charge is -2.42. The van der Waals surface area contributed by atoms with E-state index in [-0.39, 0.29) is 0 Å². The van der Waals surface area contributed by atoms with Gasteiger partial charge in [0.2, 0.25) is 0 Å². The van der Waals surface area contributed by atoms with Crippen molar-refractivity contribution < 1.29 is 9.69 Å². The molecule has 2 saturated carbocycles. The third-order valence-corrected chi connectivity index (χ3v) is 5.35. The van der Waals surface area contributed by atoms with Crippen LogP contribution in [0.25, 0.3) is 0 Å². The van der Waals surface area contributed by atoms with Crippen LogP contribution in [-0.2, 0) is 0 Å². The van der Waals surface area contributed by atoms with Crippen LogP contribution in [0.2, 0.25) is 0 Å².